The van der Waals surface area contributed by atoms with Gasteiger partial charge in [0, 0.05) is 18.8 Å². The average molecular weight is 220 g/mol. The van der Waals surface area contributed by atoms with Gasteiger partial charge in [-0.1, -0.05) is 0 Å². The topological polar surface area (TPSA) is 66.9 Å². The summed E-state index contributed by atoms with van der Waals surface area (Å²) >= 11 is 0. The highest BCUT2D eigenvalue weighted by atomic mass is 16.1. The molecule has 2 rings (SSSR count). The number of aromatic nitrogens is 2. The molecular formula is C11H16N4O. The lowest BCUT2D eigenvalue weighted by Gasteiger charge is -2.07. The number of carbonyl (C=O) groups is 1. The Hall–Kier alpha value is -1.49. The van der Waals surface area contributed by atoms with E-state index in [0.29, 0.717) is 18.2 Å². The van der Waals surface area contributed by atoms with Gasteiger partial charge in [0.2, 0.25) is 5.91 Å². The van der Waals surface area contributed by atoms with E-state index < -0.39 is 0 Å². The van der Waals surface area contributed by atoms with Crippen LogP contribution in [0.25, 0.3) is 0 Å². The molecule has 5 heteroatoms. The normalized spacial score (nSPS) is 19.6. The Balaban J connectivity index is 1.72. The predicted octanol–water partition coefficient (Wildman–Crippen LogP) is 0.805. The van der Waals surface area contributed by atoms with Crippen molar-refractivity contribution in [2.75, 3.05) is 18.4 Å². The molecule has 0 spiro atoms. The Bertz CT molecular complexity index is 335. The van der Waals surface area contributed by atoms with Gasteiger partial charge in [-0.2, -0.15) is 0 Å². The number of hydrogen-bond acceptors (Lipinski definition) is 4. The van der Waals surface area contributed by atoms with Crippen LogP contribution in [0, 0.1) is 5.92 Å². The number of anilines is 1. The van der Waals surface area contributed by atoms with E-state index >= 15 is 0 Å². The van der Waals surface area contributed by atoms with Gasteiger partial charge in [0.1, 0.15) is 0 Å². The van der Waals surface area contributed by atoms with Crippen LogP contribution in [-0.4, -0.2) is 29.0 Å². The fourth-order valence-electron chi connectivity index (χ4n) is 1.87. The van der Waals surface area contributed by atoms with Crippen LogP contribution in [0.15, 0.2) is 18.6 Å². The van der Waals surface area contributed by atoms with Crippen LogP contribution in [0.2, 0.25) is 0 Å². The van der Waals surface area contributed by atoms with Crippen molar-refractivity contribution in [1.29, 1.82) is 0 Å². The number of hydrogen-bond donors (Lipinski definition) is 2. The predicted molar refractivity (Wildman–Crippen MR) is 60.9 cm³/mol. The molecule has 0 saturated carbocycles. The number of amides is 1. The summed E-state index contributed by atoms with van der Waals surface area (Å²) in [5, 5.41) is 6.02. The summed E-state index contributed by atoms with van der Waals surface area (Å²) in [6.45, 7) is 2.12. The van der Waals surface area contributed by atoms with Crippen molar-refractivity contribution in [1.82, 2.24) is 15.3 Å². The molecular weight excluding hydrogens is 204 g/mol. The van der Waals surface area contributed by atoms with Crippen LogP contribution in [0.4, 0.5) is 5.82 Å². The molecule has 1 aromatic heterocycles. The van der Waals surface area contributed by atoms with Gasteiger partial charge in [-0.05, 0) is 31.8 Å². The highest BCUT2D eigenvalue weighted by molar-refractivity contribution is 5.89. The quantitative estimate of drug-likeness (QED) is 0.787. The molecule has 1 aromatic rings. The van der Waals surface area contributed by atoms with Gasteiger partial charge in [-0.3, -0.25) is 9.78 Å². The van der Waals surface area contributed by atoms with Gasteiger partial charge < -0.3 is 10.6 Å². The van der Waals surface area contributed by atoms with E-state index in [9.17, 15) is 4.79 Å². The van der Waals surface area contributed by atoms with Crippen molar-refractivity contribution < 1.29 is 4.79 Å². The first kappa shape index (κ1) is 11.0. The molecule has 1 unspecified atom stereocenters. The van der Waals surface area contributed by atoms with Gasteiger partial charge in [0.15, 0.2) is 5.82 Å². The third kappa shape index (κ3) is 3.27. The maximum absolute atomic E-state index is 11.6. The molecule has 0 aliphatic carbocycles. The summed E-state index contributed by atoms with van der Waals surface area (Å²) < 4.78 is 0. The lowest BCUT2D eigenvalue weighted by molar-refractivity contribution is -0.116. The summed E-state index contributed by atoms with van der Waals surface area (Å²) in [4.78, 5) is 19.4. The maximum atomic E-state index is 11.6. The maximum Gasteiger partial charge on any atom is 0.225 e. The molecule has 1 amide bonds. The van der Waals surface area contributed by atoms with Gasteiger partial charge in [0.05, 0.1) is 6.20 Å². The van der Waals surface area contributed by atoms with E-state index in [1.807, 2.05) is 0 Å². The SMILES string of the molecule is O=C(CCC1CCNC1)Nc1cnccn1. The van der Waals surface area contributed by atoms with Crippen LogP contribution < -0.4 is 10.6 Å². The monoisotopic (exact) mass is 220 g/mol. The molecule has 0 bridgehead atoms. The molecule has 1 saturated heterocycles. The largest absolute Gasteiger partial charge is 0.316 e. The molecule has 1 aliphatic rings. The highest BCUT2D eigenvalue weighted by Gasteiger charge is 2.15. The van der Waals surface area contributed by atoms with Gasteiger partial charge in [0.25, 0.3) is 0 Å². The standard InChI is InChI=1S/C11H16N4O/c16-11(2-1-9-3-4-12-7-9)15-10-8-13-5-6-14-10/h5-6,8-9,12H,1-4,7H2,(H,14,15,16). The Morgan fingerprint density at radius 1 is 1.56 bits per heavy atom. The third-order valence-electron chi connectivity index (χ3n) is 2.77. The highest BCUT2D eigenvalue weighted by Crippen LogP contribution is 2.14. The smallest absolute Gasteiger partial charge is 0.225 e. The Morgan fingerprint density at radius 2 is 2.50 bits per heavy atom. The molecule has 1 aliphatic heterocycles. The zero-order chi connectivity index (χ0) is 11.2. The van der Waals surface area contributed by atoms with Crippen molar-refractivity contribution in [2.24, 2.45) is 5.92 Å². The van der Waals surface area contributed by atoms with Crippen molar-refractivity contribution in [3.63, 3.8) is 0 Å². The second kappa shape index (κ2) is 5.55. The minimum Gasteiger partial charge on any atom is -0.316 e. The molecule has 86 valence electrons. The first-order chi connectivity index (χ1) is 7.84. The van der Waals surface area contributed by atoms with E-state index in [1.165, 1.54) is 6.42 Å². The summed E-state index contributed by atoms with van der Waals surface area (Å²) in [6, 6.07) is 0. The van der Waals surface area contributed by atoms with Crippen LogP contribution in [0.3, 0.4) is 0 Å². The van der Waals surface area contributed by atoms with Crippen molar-refractivity contribution >= 4 is 11.7 Å². The molecule has 1 atom stereocenters. The summed E-state index contributed by atoms with van der Waals surface area (Å²) in [5.41, 5.74) is 0. The van der Waals surface area contributed by atoms with E-state index in [1.54, 1.807) is 18.6 Å². The fraction of sp³-hybridized carbons (Fsp3) is 0.545. The molecule has 2 heterocycles. The van der Waals surface area contributed by atoms with E-state index in [0.717, 1.165) is 19.5 Å². The van der Waals surface area contributed by atoms with Crippen molar-refractivity contribution in [3.8, 4) is 0 Å². The average Bonchev–Trinajstić information content (AvgIpc) is 2.81. The second-order valence-corrected chi connectivity index (χ2v) is 4.04. The Morgan fingerprint density at radius 3 is 3.19 bits per heavy atom. The zero-order valence-corrected chi connectivity index (χ0v) is 9.15. The first-order valence-corrected chi connectivity index (χ1v) is 5.61. The number of nitrogens with zero attached hydrogens (tertiary/aromatic N) is 2. The van der Waals surface area contributed by atoms with E-state index in [4.69, 9.17) is 0 Å². The lowest BCUT2D eigenvalue weighted by Crippen LogP contribution is -2.15. The molecule has 16 heavy (non-hydrogen) atoms. The molecule has 5 nitrogen and oxygen atoms in total. The summed E-state index contributed by atoms with van der Waals surface area (Å²) in [6.07, 6.45) is 7.38. The van der Waals surface area contributed by atoms with Gasteiger partial charge in [-0.25, -0.2) is 4.98 Å². The second-order valence-electron chi connectivity index (χ2n) is 4.04. The fourth-order valence-corrected chi connectivity index (χ4v) is 1.87. The Labute approximate surface area is 94.7 Å². The molecule has 1 fully saturated rings. The van der Waals surface area contributed by atoms with Gasteiger partial charge in [-0.15, -0.1) is 0 Å². The van der Waals surface area contributed by atoms with Crippen molar-refractivity contribution in [3.05, 3.63) is 18.6 Å². The van der Waals surface area contributed by atoms with Crippen LogP contribution >= 0.6 is 0 Å². The molecule has 0 radical (unpaired) electrons. The van der Waals surface area contributed by atoms with Crippen molar-refractivity contribution in [2.45, 2.75) is 19.3 Å². The summed E-state index contributed by atoms with van der Waals surface area (Å²) in [7, 11) is 0. The minimum atomic E-state index is 0.0207. The van der Waals surface area contributed by atoms with E-state index in [-0.39, 0.29) is 5.91 Å². The number of rotatable bonds is 4. The zero-order valence-electron chi connectivity index (χ0n) is 9.15. The first-order valence-electron chi connectivity index (χ1n) is 5.61. The van der Waals surface area contributed by atoms with Gasteiger partial charge >= 0.3 is 0 Å². The lowest BCUT2D eigenvalue weighted by atomic mass is 10.0. The molecule has 2 N–H and O–H groups in total. The molecule has 0 aromatic carbocycles. The van der Waals surface area contributed by atoms with Crippen LogP contribution in [0.1, 0.15) is 19.3 Å². The third-order valence-corrected chi connectivity index (χ3v) is 2.77. The summed E-state index contributed by atoms with van der Waals surface area (Å²) in [5.74, 6) is 1.19. The Kier molecular flexibility index (Phi) is 3.82. The minimum absolute atomic E-state index is 0.0207. The number of nitrogens with one attached hydrogen (secondary N) is 2. The van der Waals surface area contributed by atoms with Crippen LogP contribution in [0.5, 0.6) is 0 Å². The van der Waals surface area contributed by atoms with Crippen LogP contribution in [-0.2, 0) is 4.79 Å². The van der Waals surface area contributed by atoms with E-state index in [2.05, 4.69) is 20.6 Å². The number of carbonyl (C=O) groups excluding carboxylic acids is 1.